The number of carbonyl (C=O) groups is 1. The summed E-state index contributed by atoms with van der Waals surface area (Å²) in [7, 11) is 0. The standard InChI is InChI=1S/C14H15N3O3S/c1-8-13(20-9(2)16-8)14(18)17-10-3-5-11(6-4-10)19-7-12(15)21/h3-6H,7H2,1-2H3,(H2,15,21)(H,17,18). The first-order valence-electron chi connectivity index (χ1n) is 6.22. The van der Waals surface area contributed by atoms with E-state index in [-0.39, 0.29) is 23.3 Å². The van der Waals surface area contributed by atoms with E-state index < -0.39 is 0 Å². The van der Waals surface area contributed by atoms with Gasteiger partial charge in [-0.25, -0.2) is 4.98 Å². The number of thiocarbonyl (C=S) groups is 1. The predicted molar refractivity (Wildman–Crippen MR) is 82.7 cm³/mol. The van der Waals surface area contributed by atoms with Crippen molar-refractivity contribution in [2.24, 2.45) is 5.73 Å². The highest BCUT2D eigenvalue weighted by Crippen LogP contribution is 2.17. The van der Waals surface area contributed by atoms with Crippen molar-refractivity contribution < 1.29 is 13.9 Å². The summed E-state index contributed by atoms with van der Waals surface area (Å²) in [5.74, 6) is 0.942. The predicted octanol–water partition coefficient (Wildman–Crippen LogP) is 2.21. The quantitative estimate of drug-likeness (QED) is 0.823. The minimum Gasteiger partial charge on any atom is -0.487 e. The summed E-state index contributed by atoms with van der Waals surface area (Å²) in [4.78, 5) is 16.4. The number of anilines is 1. The summed E-state index contributed by atoms with van der Waals surface area (Å²) in [5.41, 5.74) is 6.53. The fraction of sp³-hybridized carbons (Fsp3) is 0.214. The number of aryl methyl sites for hydroxylation is 2. The number of carbonyl (C=O) groups excluding carboxylic acids is 1. The molecule has 0 unspecified atom stereocenters. The Labute approximate surface area is 127 Å². The molecule has 0 aliphatic carbocycles. The summed E-state index contributed by atoms with van der Waals surface area (Å²) in [6.45, 7) is 3.59. The van der Waals surface area contributed by atoms with Crippen LogP contribution in [0.15, 0.2) is 28.7 Å². The molecule has 0 bridgehead atoms. The molecule has 0 saturated heterocycles. The second-order valence-electron chi connectivity index (χ2n) is 4.38. The third kappa shape index (κ3) is 4.03. The fourth-order valence-electron chi connectivity index (χ4n) is 1.72. The van der Waals surface area contributed by atoms with Crippen LogP contribution < -0.4 is 15.8 Å². The molecule has 6 nitrogen and oxygen atoms in total. The molecular weight excluding hydrogens is 290 g/mol. The van der Waals surface area contributed by atoms with Gasteiger partial charge in [0, 0.05) is 12.6 Å². The van der Waals surface area contributed by atoms with Crippen molar-refractivity contribution in [1.29, 1.82) is 0 Å². The van der Waals surface area contributed by atoms with Gasteiger partial charge in [0.1, 0.15) is 17.3 Å². The zero-order chi connectivity index (χ0) is 15.4. The van der Waals surface area contributed by atoms with Gasteiger partial charge in [0.25, 0.3) is 5.91 Å². The van der Waals surface area contributed by atoms with Crippen LogP contribution in [0.3, 0.4) is 0 Å². The Morgan fingerprint density at radius 2 is 2.05 bits per heavy atom. The lowest BCUT2D eigenvalue weighted by Gasteiger charge is -2.07. The lowest BCUT2D eigenvalue weighted by Crippen LogP contribution is -2.17. The third-order valence-corrected chi connectivity index (χ3v) is 2.72. The Kier molecular flexibility index (Phi) is 4.54. The lowest BCUT2D eigenvalue weighted by molar-refractivity contribution is 0.0994. The van der Waals surface area contributed by atoms with Crippen LogP contribution in [0.4, 0.5) is 5.69 Å². The van der Waals surface area contributed by atoms with E-state index in [1.54, 1.807) is 38.1 Å². The first-order valence-corrected chi connectivity index (χ1v) is 6.63. The van der Waals surface area contributed by atoms with Crippen molar-refractivity contribution in [3.63, 3.8) is 0 Å². The van der Waals surface area contributed by atoms with Crippen LogP contribution in [0, 0.1) is 13.8 Å². The summed E-state index contributed by atoms with van der Waals surface area (Å²) in [5, 5.41) is 2.73. The third-order valence-electron chi connectivity index (χ3n) is 2.60. The van der Waals surface area contributed by atoms with E-state index in [0.717, 1.165) is 0 Å². The molecule has 1 aromatic carbocycles. The molecule has 21 heavy (non-hydrogen) atoms. The van der Waals surface area contributed by atoms with Gasteiger partial charge >= 0.3 is 0 Å². The number of ether oxygens (including phenoxy) is 1. The monoisotopic (exact) mass is 305 g/mol. The Morgan fingerprint density at radius 3 is 2.57 bits per heavy atom. The smallest absolute Gasteiger partial charge is 0.293 e. The summed E-state index contributed by atoms with van der Waals surface area (Å²) in [6, 6.07) is 6.86. The molecule has 0 radical (unpaired) electrons. The van der Waals surface area contributed by atoms with Crippen molar-refractivity contribution in [3.05, 3.63) is 41.6 Å². The van der Waals surface area contributed by atoms with Crippen LogP contribution in [-0.2, 0) is 0 Å². The molecule has 3 N–H and O–H groups in total. The number of benzene rings is 1. The number of amides is 1. The van der Waals surface area contributed by atoms with Crippen LogP contribution in [-0.4, -0.2) is 22.5 Å². The van der Waals surface area contributed by atoms with E-state index in [1.807, 2.05) is 0 Å². The van der Waals surface area contributed by atoms with Crippen LogP contribution in [0.1, 0.15) is 22.1 Å². The Morgan fingerprint density at radius 1 is 1.38 bits per heavy atom. The summed E-state index contributed by atoms with van der Waals surface area (Å²) < 4.78 is 10.6. The Bertz CT molecular complexity index is 665. The zero-order valence-corrected chi connectivity index (χ0v) is 12.5. The number of hydrogen-bond acceptors (Lipinski definition) is 5. The van der Waals surface area contributed by atoms with Gasteiger partial charge in [-0.15, -0.1) is 0 Å². The van der Waals surface area contributed by atoms with Gasteiger partial charge in [0.2, 0.25) is 5.76 Å². The van der Waals surface area contributed by atoms with Crippen molar-refractivity contribution in [1.82, 2.24) is 4.98 Å². The first-order chi connectivity index (χ1) is 9.95. The van der Waals surface area contributed by atoms with E-state index in [9.17, 15) is 4.79 Å². The molecule has 0 aliphatic heterocycles. The minimum absolute atomic E-state index is 0.178. The summed E-state index contributed by atoms with van der Waals surface area (Å²) in [6.07, 6.45) is 0. The second-order valence-corrected chi connectivity index (χ2v) is 4.91. The number of oxazole rings is 1. The van der Waals surface area contributed by atoms with Gasteiger partial charge in [-0.05, 0) is 31.2 Å². The summed E-state index contributed by atoms with van der Waals surface area (Å²) >= 11 is 4.73. The van der Waals surface area contributed by atoms with E-state index in [2.05, 4.69) is 10.3 Å². The highest BCUT2D eigenvalue weighted by atomic mass is 32.1. The van der Waals surface area contributed by atoms with Crippen LogP contribution in [0.25, 0.3) is 0 Å². The van der Waals surface area contributed by atoms with Gasteiger partial charge in [0.15, 0.2) is 5.89 Å². The largest absolute Gasteiger partial charge is 0.487 e. The molecule has 1 amide bonds. The fourth-order valence-corrected chi connectivity index (χ4v) is 1.78. The highest BCUT2D eigenvalue weighted by molar-refractivity contribution is 7.80. The molecule has 1 aromatic heterocycles. The maximum Gasteiger partial charge on any atom is 0.293 e. The number of nitrogens with zero attached hydrogens (tertiary/aromatic N) is 1. The Balaban J connectivity index is 2.01. The molecular formula is C14H15N3O3S. The first kappa shape index (κ1) is 15.0. The average Bonchev–Trinajstić information content (AvgIpc) is 2.77. The van der Waals surface area contributed by atoms with Gasteiger partial charge in [-0.3, -0.25) is 4.79 Å². The van der Waals surface area contributed by atoms with Crippen molar-refractivity contribution in [2.45, 2.75) is 13.8 Å². The number of aromatic nitrogens is 1. The van der Waals surface area contributed by atoms with E-state index in [4.69, 9.17) is 27.1 Å². The van der Waals surface area contributed by atoms with Crippen LogP contribution >= 0.6 is 12.2 Å². The van der Waals surface area contributed by atoms with Crippen LogP contribution in [0.5, 0.6) is 5.75 Å². The lowest BCUT2D eigenvalue weighted by atomic mass is 10.3. The van der Waals surface area contributed by atoms with Gasteiger partial charge < -0.3 is 20.2 Å². The maximum atomic E-state index is 12.0. The molecule has 0 saturated carbocycles. The van der Waals surface area contributed by atoms with Gasteiger partial charge in [0.05, 0.1) is 5.69 Å². The molecule has 7 heteroatoms. The van der Waals surface area contributed by atoms with E-state index in [1.165, 1.54) is 0 Å². The molecule has 0 atom stereocenters. The number of nitrogens with two attached hydrogens (primary N) is 1. The molecule has 0 fully saturated rings. The number of hydrogen-bond donors (Lipinski definition) is 2. The topological polar surface area (TPSA) is 90.4 Å². The molecule has 110 valence electrons. The minimum atomic E-state index is -0.343. The van der Waals surface area contributed by atoms with Gasteiger partial charge in [-0.1, -0.05) is 12.2 Å². The van der Waals surface area contributed by atoms with Crippen molar-refractivity contribution in [3.8, 4) is 5.75 Å². The number of nitrogens with one attached hydrogen (secondary N) is 1. The van der Waals surface area contributed by atoms with Crippen molar-refractivity contribution in [2.75, 3.05) is 11.9 Å². The molecule has 2 aromatic rings. The number of rotatable bonds is 5. The normalized spacial score (nSPS) is 10.2. The second kappa shape index (κ2) is 6.36. The molecule has 0 aliphatic rings. The van der Waals surface area contributed by atoms with E-state index >= 15 is 0 Å². The van der Waals surface area contributed by atoms with Crippen molar-refractivity contribution >= 4 is 28.8 Å². The van der Waals surface area contributed by atoms with Gasteiger partial charge in [-0.2, -0.15) is 0 Å². The SMILES string of the molecule is Cc1nc(C)c(C(=O)Nc2ccc(OCC(N)=S)cc2)o1. The molecule has 0 spiro atoms. The maximum absolute atomic E-state index is 12.0. The molecule has 1 heterocycles. The molecule has 2 rings (SSSR count). The Hall–Kier alpha value is -2.41. The zero-order valence-electron chi connectivity index (χ0n) is 11.7. The highest BCUT2D eigenvalue weighted by Gasteiger charge is 2.15. The average molecular weight is 305 g/mol. The van der Waals surface area contributed by atoms with E-state index in [0.29, 0.717) is 23.0 Å². The van der Waals surface area contributed by atoms with Crippen LogP contribution in [0.2, 0.25) is 0 Å².